The molecule has 1 aliphatic rings. The summed E-state index contributed by atoms with van der Waals surface area (Å²) >= 11 is 0. The predicted molar refractivity (Wildman–Crippen MR) is 102 cm³/mol. The van der Waals surface area contributed by atoms with Gasteiger partial charge in [0, 0.05) is 12.6 Å². The standard InChI is InChI=1S/C20H23FN2O2.ClH/c1-2-18(25-19-10-6-5-9-16(19)21)20(24)23-13-17-15-8-4-3-7-14(15)11-12-22-17;/h3-10,17-18,22H,2,11-13H2,1H3,(H,23,24);1H. The highest BCUT2D eigenvalue weighted by Gasteiger charge is 2.23. The van der Waals surface area contributed by atoms with Gasteiger partial charge in [-0.3, -0.25) is 4.79 Å². The molecule has 0 fully saturated rings. The van der Waals surface area contributed by atoms with Crippen molar-refractivity contribution in [2.75, 3.05) is 13.1 Å². The van der Waals surface area contributed by atoms with Gasteiger partial charge in [0.05, 0.1) is 0 Å². The zero-order chi connectivity index (χ0) is 17.6. The fraction of sp³-hybridized carbons (Fsp3) is 0.350. The Morgan fingerprint density at radius 3 is 2.77 bits per heavy atom. The van der Waals surface area contributed by atoms with Crippen molar-refractivity contribution >= 4 is 18.3 Å². The molecular weight excluding hydrogens is 355 g/mol. The molecule has 2 aromatic rings. The Bertz CT molecular complexity index is 741. The van der Waals surface area contributed by atoms with Crippen molar-refractivity contribution in [3.63, 3.8) is 0 Å². The van der Waals surface area contributed by atoms with E-state index in [1.165, 1.54) is 23.3 Å². The molecule has 3 rings (SSSR count). The second-order valence-electron chi connectivity index (χ2n) is 6.15. The summed E-state index contributed by atoms with van der Waals surface area (Å²) in [6.45, 7) is 3.21. The number of carbonyl (C=O) groups is 1. The van der Waals surface area contributed by atoms with Crippen LogP contribution in [0.3, 0.4) is 0 Å². The first kappa shape index (κ1) is 20.2. The average Bonchev–Trinajstić information content (AvgIpc) is 2.65. The molecule has 2 aromatic carbocycles. The Morgan fingerprint density at radius 1 is 1.27 bits per heavy atom. The van der Waals surface area contributed by atoms with Crippen LogP contribution in [0.1, 0.15) is 30.5 Å². The summed E-state index contributed by atoms with van der Waals surface area (Å²) in [7, 11) is 0. The molecule has 0 saturated carbocycles. The number of halogens is 2. The van der Waals surface area contributed by atoms with Crippen molar-refractivity contribution in [2.45, 2.75) is 31.9 Å². The van der Waals surface area contributed by atoms with Gasteiger partial charge in [0.25, 0.3) is 5.91 Å². The predicted octanol–water partition coefficient (Wildman–Crippen LogP) is 3.41. The van der Waals surface area contributed by atoms with E-state index >= 15 is 0 Å². The Labute approximate surface area is 159 Å². The van der Waals surface area contributed by atoms with Gasteiger partial charge in [0.2, 0.25) is 0 Å². The van der Waals surface area contributed by atoms with Crippen LogP contribution in [0, 0.1) is 5.82 Å². The van der Waals surface area contributed by atoms with E-state index in [-0.39, 0.29) is 30.1 Å². The van der Waals surface area contributed by atoms with Crippen molar-refractivity contribution in [2.24, 2.45) is 0 Å². The van der Waals surface area contributed by atoms with Crippen LogP contribution in [0.5, 0.6) is 5.75 Å². The molecule has 2 N–H and O–H groups in total. The van der Waals surface area contributed by atoms with Crippen LogP contribution in [0.25, 0.3) is 0 Å². The Morgan fingerprint density at radius 2 is 2.00 bits per heavy atom. The van der Waals surface area contributed by atoms with Crippen LogP contribution in [-0.4, -0.2) is 25.1 Å². The van der Waals surface area contributed by atoms with Gasteiger partial charge in [0.15, 0.2) is 17.7 Å². The van der Waals surface area contributed by atoms with Gasteiger partial charge in [-0.1, -0.05) is 43.3 Å². The second kappa shape index (κ2) is 9.55. The van der Waals surface area contributed by atoms with E-state index in [9.17, 15) is 9.18 Å². The minimum absolute atomic E-state index is 0. The van der Waals surface area contributed by atoms with Crippen molar-refractivity contribution < 1.29 is 13.9 Å². The minimum atomic E-state index is -0.712. The van der Waals surface area contributed by atoms with Crippen LogP contribution in [0.15, 0.2) is 48.5 Å². The van der Waals surface area contributed by atoms with Crippen molar-refractivity contribution in [1.29, 1.82) is 0 Å². The van der Waals surface area contributed by atoms with E-state index in [4.69, 9.17) is 4.74 Å². The number of fused-ring (bicyclic) bond motifs is 1. The molecule has 0 bridgehead atoms. The van der Waals surface area contributed by atoms with Crippen molar-refractivity contribution in [3.05, 3.63) is 65.5 Å². The summed E-state index contributed by atoms with van der Waals surface area (Å²) < 4.78 is 19.3. The zero-order valence-electron chi connectivity index (χ0n) is 14.7. The summed E-state index contributed by atoms with van der Waals surface area (Å²) in [5.74, 6) is -0.585. The molecule has 1 amide bonds. The molecule has 0 aliphatic carbocycles. The lowest BCUT2D eigenvalue weighted by molar-refractivity contribution is -0.128. The van der Waals surface area contributed by atoms with Crippen LogP contribution in [-0.2, 0) is 11.2 Å². The van der Waals surface area contributed by atoms with Crippen LogP contribution >= 0.6 is 12.4 Å². The maximum absolute atomic E-state index is 13.7. The normalized spacial score (nSPS) is 16.8. The molecule has 0 radical (unpaired) electrons. The van der Waals surface area contributed by atoms with Gasteiger partial charge in [-0.2, -0.15) is 0 Å². The highest BCUT2D eigenvalue weighted by molar-refractivity contribution is 5.85. The largest absolute Gasteiger partial charge is 0.478 e. The van der Waals surface area contributed by atoms with E-state index in [1.807, 2.05) is 19.1 Å². The molecule has 26 heavy (non-hydrogen) atoms. The van der Waals surface area contributed by atoms with Crippen LogP contribution in [0.2, 0.25) is 0 Å². The maximum atomic E-state index is 13.7. The summed E-state index contributed by atoms with van der Waals surface area (Å²) in [4.78, 5) is 12.5. The second-order valence-corrected chi connectivity index (χ2v) is 6.15. The van der Waals surface area contributed by atoms with E-state index in [1.54, 1.807) is 12.1 Å². The number of benzene rings is 2. The first-order chi connectivity index (χ1) is 12.2. The van der Waals surface area contributed by atoms with E-state index < -0.39 is 11.9 Å². The van der Waals surface area contributed by atoms with Gasteiger partial charge in [0.1, 0.15) is 0 Å². The molecule has 2 unspecified atom stereocenters. The Kier molecular flexibility index (Phi) is 7.42. The molecule has 1 heterocycles. The molecular formula is C20H24ClFN2O2. The Balaban J connectivity index is 0.00000243. The number of hydrogen-bond donors (Lipinski definition) is 2. The lowest BCUT2D eigenvalue weighted by atomic mass is 9.94. The first-order valence-corrected chi connectivity index (χ1v) is 8.69. The number of rotatable bonds is 6. The minimum Gasteiger partial charge on any atom is -0.478 e. The highest BCUT2D eigenvalue weighted by atomic mass is 35.5. The number of hydrogen-bond acceptors (Lipinski definition) is 3. The molecule has 1 aliphatic heterocycles. The third-order valence-electron chi connectivity index (χ3n) is 4.47. The Hall–Kier alpha value is -2.11. The molecule has 4 nitrogen and oxygen atoms in total. The molecule has 0 aromatic heterocycles. The lowest BCUT2D eigenvalue weighted by Crippen LogP contribution is -2.43. The van der Waals surface area contributed by atoms with Crippen LogP contribution in [0.4, 0.5) is 4.39 Å². The zero-order valence-corrected chi connectivity index (χ0v) is 15.5. The first-order valence-electron chi connectivity index (χ1n) is 8.69. The van der Waals surface area contributed by atoms with Gasteiger partial charge >= 0.3 is 0 Å². The summed E-state index contributed by atoms with van der Waals surface area (Å²) in [5, 5.41) is 6.37. The van der Waals surface area contributed by atoms with Gasteiger partial charge < -0.3 is 15.4 Å². The summed E-state index contributed by atoms with van der Waals surface area (Å²) in [5.41, 5.74) is 2.53. The van der Waals surface area contributed by atoms with Gasteiger partial charge in [-0.25, -0.2) is 4.39 Å². The number of ether oxygens (including phenoxy) is 1. The SMILES string of the molecule is CCC(Oc1ccccc1F)C(=O)NCC1NCCc2ccccc21.Cl. The number of carbonyl (C=O) groups excluding carboxylic acids is 1. The molecule has 6 heteroatoms. The molecule has 0 saturated heterocycles. The van der Waals surface area contributed by atoms with E-state index in [2.05, 4.69) is 22.8 Å². The monoisotopic (exact) mass is 378 g/mol. The highest BCUT2D eigenvalue weighted by Crippen LogP contribution is 2.22. The average molecular weight is 379 g/mol. The van der Waals surface area contributed by atoms with Crippen molar-refractivity contribution in [1.82, 2.24) is 10.6 Å². The maximum Gasteiger partial charge on any atom is 0.261 e. The number of nitrogens with one attached hydrogen (secondary N) is 2. The number of para-hydroxylation sites is 1. The fourth-order valence-electron chi connectivity index (χ4n) is 3.11. The number of amides is 1. The van der Waals surface area contributed by atoms with Gasteiger partial charge in [-0.15, -0.1) is 12.4 Å². The molecule has 2 atom stereocenters. The smallest absolute Gasteiger partial charge is 0.261 e. The lowest BCUT2D eigenvalue weighted by Gasteiger charge is -2.27. The molecule has 0 spiro atoms. The van der Waals surface area contributed by atoms with Crippen molar-refractivity contribution in [3.8, 4) is 5.75 Å². The third kappa shape index (κ3) is 4.74. The van der Waals surface area contributed by atoms with Gasteiger partial charge in [-0.05, 0) is 42.6 Å². The fourth-order valence-corrected chi connectivity index (χ4v) is 3.11. The quantitative estimate of drug-likeness (QED) is 0.809. The summed E-state index contributed by atoms with van der Waals surface area (Å²) in [6.07, 6.45) is 0.749. The van der Waals surface area contributed by atoms with E-state index in [0.717, 1.165) is 13.0 Å². The third-order valence-corrected chi connectivity index (χ3v) is 4.47. The summed E-state index contributed by atoms with van der Waals surface area (Å²) in [6, 6.07) is 14.5. The molecule has 140 valence electrons. The topological polar surface area (TPSA) is 50.4 Å². The van der Waals surface area contributed by atoms with E-state index in [0.29, 0.717) is 13.0 Å². The van der Waals surface area contributed by atoms with Crippen LogP contribution < -0.4 is 15.4 Å².